The normalized spacial score (nSPS) is 10.7. The van der Waals surface area contributed by atoms with E-state index in [1.54, 1.807) is 12.1 Å². The van der Waals surface area contributed by atoms with E-state index in [0.717, 1.165) is 24.4 Å². The van der Waals surface area contributed by atoms with Crippen molar-refractivity contribution in [3.05, 3.63) is 40.0 Å². The molecule has 102 valence electrons. The van der Waals surface area contributed by atoms with Crippen LogP contribution < -0.4 is 5.32 Å². The van der Waals surface area contributed by atoms with Crippen LogP contribution in [0.15, 0.2) is 27.3 Å². The minimum absolute atomic E-state index is 0.195. The zero-order valence-corrected chi connectivity index (χ0v) is 12.5. The van der Waals surface area contributed by atoms with Gasteiger partial charge in [0.2, 0.25) is 0 Å². The van der Waals surface area contributed by atoms with Gasteiger partial charge in [-0.2, -0.15) is 5.10 Å². The molecule has 5 nitrogen and oxygen atoms in total. The quantitative estimate of drug-likeness (QED) is 0.860. The maximum Gasteiger partial charge on any atom is 0.287 e. The van der Waals surface area contributed by atoms with Gasteiger partial charge in [-0.25, -0.2) is 0 Å². The van der Waals surface area contributed by atoms with Crippen molar-refractivity contribution in [3.8, 4) is 0 Å². The number of amides is 1. The number of carbonyl (C=O) groups excluding carboxylic acids is 1. The summed E-state index contributed by atoms with van der Waals surface area (Å²) in [6.07, 6.45) is 0.829. The van der Waals surface area contributed by atoms with Gasteiger partial charge in [0.05, 0.1) is 5.69 Å². The topological polar surface area (TPSA) is 60.1 Å². The van der Waals surface area contributed by atoms with Crippen LogP contribution in [0.2, 0.25) is 0 Å². The van der Waals surface area contributed by atoms with Crippen molar-refractivity contribution in [2.45, 2.75) is 26.8 Å². The van der Waals surface area contributed by atoms with Gasteiger partial charge in [0.15, 0.2) is 10.4 Å². The molecule has 2 aromatic heterocycles. The van der Waals surface area contributed by atoms with Crippen LogP contribution in [0.3, 0.4) is 0 Å². The molecular weight excluding hydrogens is 310 g/mol. The molecule has 0 saturated heterocycles. The van der Waals surface area contributed by atoms with Crippen LogP contribution in [0.4, 0.5) is 0 Å². The Kier molecular flexibility index (Phi) is 4.42. The van der Waals surface area contributed by atoms with Crippen LogP contribution in [0.25, 0.3) is 0 Å². The Bertz CT molecular complexity index is 574. The molecular formula is C13H16BrN3O2. The molecule has 0 fully saturated rings. The molecule has 0 saturated carbocycles. The molecule has 0 aromatic carbocycles. The van der Waals surface area contributed by atoms with Crippen molar-refractivity contribution in [2.75, 3.05) is 6.54 Å². The molecule has 2 rings (SSSR count). The minimum atomic E-state index is -0.195. The van der Waals surface area contributed by atoms with Gasteiger partial charge < -0.3 is 9.73 Å². The monoisotopic (exact) mass is 325 g/mol. The molecule has 1 amide bonds. The van der Waals surface area contributed by atoms with Crippen LogP contribution in [0.5, 0.6) is 0 Å². The number of carbonyl (C=O) groups is 1. The van der Waals surface area contributed by atoms with E-state index in [1.165, 1.54) is 0 Å². The summed E-state index contributed by atoms with van der Waals surface area (Å²) in [6.45, 7) is 5.39. The Labute approximate surface area is 120 Å². The fourth-order valence-corrected chi connectivity index (χ4v) is 2.16. The van der Waals surface area contributed by atoms with E-state index in [9.17, 15) is 4.79 Å². The molecule has 0 bridgehead atoms. The molecule has 1 N–H and O–H groups in total. The number of nitrogens with one attached hydrogen (secondary N) is 1. The molecule has 6 heteroatoms. The maximum absolute atomic E-state index is 11.7. The third-order valence-corrected chi connectivity index (χ3v) is 3.16. The van der Waals surface area contributed by atoms with Gasteiger partial charge in [-0.1, -0.05) is 0 Å². The number of rotatable bonds is 5. The minimum Gasteiger partial charge on any atom is -0.444 e. The predicted molar refractivity (Wildman–Crippen MR) is 75.1 cm³/mol. The Hall–Kier alpha value is -1.56. The second kappa shape index (κ2) is 6.06. The smallest absolute Gasteiger partial charge is 0.287 e. The Balaban J connectivity index is 1.75. The number of aromatic nitrogens is 2. The second-order valence-corrected chi connectivity index (χ2v) is 5.15. The summed E-state index contributed by atoms with van der Waals surface area (Å²) in [7, 11) is 0. The number of aryl methyl sites for hydroxylation is 3. The van der Waals surface area contributed by atoms with E-state index in [-0.39, 0.29) is 5.91 Å². The van der Waals surface area contributed by atoms with Crippen LogP contribution >= 0.6 is 15.9 Å². The Morgan fingerprint density at radius 1 is 1.47 bits per heavy atom. The Morgan fingerprint density at radius 3 is 2.84 bits per heavy atom. The average Bonchev–Trinajstić information content (AvgIpc) is 2.91. The molecule has 0 radical (unpaired) electrons. The van der Waals surface area contributed by atoms with Crippen LogP contribution in [0, 0.1) is 13.8 Å². The van der Waals surface area contributed by atoms with Gasteiger partial charge in [-0.3, -0.25) is 9.48 Å². The van der Waals surface area contributed by atoms with E-state index in [1.807, 2.05) is 24.6 Å². The third kappa shape index (κ3) is 3.70. The maximum atomic E-state index is 11.7. The Morgan fingerprint density at radius 2 is 2.26 bits per heavy atom. The number of nitrogens with zero attached hydrogens (tertiary/aromatic N) is 2. The lowest BCUT2D eigenvalue weighted by Gasteiger charge is -2.05. The number of halogens is 1. The predicted octanol–water partition coefficient (Wildman–Crippen LogP) is 2.68. The van der Waals surface area contributed by atoms with E-state index >= 15 is 0 Å². The summed E-state index contributed by atoms with van der Waals surface area (Å²) in [4.78, 5) is 11.7. The molecule has 2 heterocycles. The lowest BCUT2D eigenvalue weighted by atomic mass is 10.3. The zero-order valence-electron chi connectivity index (χ0n) is 10.9. The van der Waals surface area contributed by atoms with Crippen LogP contribution in [0.1, 0.15) is 28.4 Å². The highest BCUT2D eigenvalue weighted by molar-refractivity contribution is 9.10. The highest BCUT2D eigenvalue weighted by Gasteiger charge is 2.09. The van der Waals surface area contributed by atoms with Crippen molar-refractivity contribution in [3.63, 3.8) is 0 Å². The molecule has 0 aliphatic carbocycles. The molecule has 0 unspecified atom stereocenters. The van der Waals surface area contributed by atoms with Crippen molar-refractivity contribution in [1.82, 2.24) is 15.1 Å². The van der Waals surface area contributed by atoms with Crippen LogP contribution in [-0.2, 0) is 6.54 Å². The summed E-state index contributed by atoms with van der Waals surface area (Å²) >= 11 is 3.16. The molecule has 0 aliphatic rings. The first-order chi connectivity index (χ1) is 9.06. The largest absolute Gasteiger partial charge is 0.444 e. The molecule has 19 heavy (non-hydrogen) atoms. The van der Waals surface area contributed by atoms with Gasteiger partial charge in [0.1, 0.15) is 0 Å². The number of furan rings is 1. The van der Waals surface area contributed by atoms with E-state index in [2.05, 4.69) is 26.3 Å². The van der Waals surface area contributed by atoms with Gasteiger partial charge in [0.25, 0.3) is 5.91 Å². The van der Waals surface area contributed by atoms with Crippen molar-refractivity contribution >= 4 is 21.8 Å². The first kappa shape index (κ1) is 13.9. The summed E-state index contributed by atoms with van der Waals surface area (Å²) in [5, 5.41) is 7.18. The zero-order chi connectivity index (χ0) is 13.8. The molecule has 2 aromatic rings. The van der Waals surface area contributed by atoms with Gasteiger partial charge >= 0.3 is 0 Å². The highest BCUT2D eigenvalue weighted by Crippen LogP contribution is 2.13. The second-order valence-electron chi connectivity index (χ2n) is 4.36. The summed E-state index contributed by atoms with van der Waals surface area (Å²) in [6, 6.07) is 5.38. The SMILES string of the molecule is Cc1cc(C)n(CCCNC(=O)c2ccc(Br)o2)n1. The lowest BCUT2D eigenvalue weighted by molar-refractivity contribution is 0.0923. The van der Waals surface area contributed by atoms with Crippen molar-refractivity contribution in [1.29, 1.82) is 0 Å². The van der Waals surface area contributed by atoms with Gasteiger partial charge in [0, 0.05) is 18.8 Å². The fraction of sp³-hybridized carbons (Fsp3) is 0.385. The summed E-state index contributed by atoms with van der Waals surface area (Å²) in [5.74, 6) is 0.122. The summed E-state index contributed by atoms with van der Waals surface area (Å²) < 4.78 is 7.68. The third-order valence-electron chi connectivity index (χ3n) is 2.73. The van der Waals surface area contributed by atoms with Crippen molar-refractivity contribution < 1.29 is 9.21 Å². The first-order valence-electron chi connectivity index (χ1n) is 6.11. The standard InChI is InChI=1S/C13H16BrN3O2/c1-9-8-10(2)17(16-9)7-3-6-15-13(18)11-4-5-12(14)19-11/h4-5,8H,3,6-7H2,1-2H3,(H,15,18). The van der Waals surface area contributed by atoms with Crippen LogP contribution in [-0.4, -0.2) is 22.2 Å². The van der Waals surface area contributed by atoms with E-state index < -0.39 is 0 Å². The van der Waals surface area contributed by atoms with Crippen molar-refractivity contribution in [2.24, 2.45) is 0 Å². The fourth-order valence-electron chi connectivity index (χ4n) is 1.86. The lowest BCUT2D eigenvalue weighted by Crippen LogP contribution is -2.25. The number of hydrogen-bond acceptors (Lipinski definition) is 3. The van der Waals surface area contributed by atoms with E-state index in [4.69, 9.17) is 4.42 Å². The van der Waals surface area contributed by atoms with Gasteiger partial charge in [-0.15, -0.1) is 0 Å². The average molecular weight is 326 g/mol. The van der Waals surface area contributed by atoms with E-state index in [0.29, 0.717) is 17.0 Å². The molecule has 0 aliphatic heterocycles. The molecule has 0 spiro atoms. The van der Waals surface area contributed by atoms with Gasteiger partial charge in [-0.05, 0) is 54.4 Å². The summed E-state index contributed by atoms with van der Waals surface area (Å²) in [5.41, 5.74) is 2.15. The molecule has 0 atom stereocenters. The number of hydrogen-bond donors (Lipinski definition) is 1. The first-order valence-corrected chi connectivity index (χ1v) is 6.90. The highest BCUT2D eigenvalue weighted by atomic mass is 79.9.